The molecule has 27 heavy (non-hydrogen) atoms. The summed E-state index contributed by atoms with van der Waals surface area (Å²) in [5.74, 6) is 0.204. The van der Waals surface area contributed by atoms with E-state index < -0.39 is 0 Å². The molecule has 2 aromatic carbocycles. The van der Waals surface area contributed by atoms with Crippen molar-refractivity contribution >= 4 is 33.3 Å². The van der Waals surface area contributed by atoms with Crippen LogP contribution in [0.15, 0.2) is 71.3 Å². The van der Waals surface area contributed by atoms with Gasteiger partial charge in [0, 0.05) is 5.69 Å². The summed E-state index contributed by atoms with van der Waals surface area (Å²) in [6.07, 6.45) is 1.70. The predicted molar refractivity (Wildman–Crippen MR) is 108 cm³/mol. The largest absolute Gasteiger partial charge is 0.472 e. The average molecular weight is 427 g/mol. The van der Waals surface area contributed by atoms with Gasteiger partial charge in [0.05, 0.1) is 28.5 Å². The van der Waals surface area contributed by atoms with Crippen LogP contribution >= 0.6 is 15.9 Å². The average Bonchev–Trinajstić information content (AvgIpc) is 2.69. The number of ether oxygens (including phenoxy) is 2. The number of halogens is 1. The van der Waals surface area contributed by atoms with Crippen molar-refractivity contribution in [2.75, 3.05) is 11.9 Å². The van der Waals surface area contributed by atoms with E-state index in [1.807, 2.05) is 48.5 Å². The van der Waals surface area contributed by atoms with Crippen LogP contribution in [-0.2, 0) is 11.3 Å². The van der Waals surface area contributed by atoms with Crippen molar-refractivity contribution in [1.82, 2.24) is 4.98 Å². The number of carbonyl (C=O) groups excluding carboxylic acids is 1. The summed E-state index contributed by atoms with van der Waals surface area (Å²) in [4.78, 5) is 16.0. The van der Waals surface area contributed by atoms with E-state index in [9.17, 15) is 4.79 Å². The van der Waals surface area contributed by atoms with Crippen LogP contribution in [0.5, 0.6) is 5.88 Å². The van der Waals surface area contributed by atoms with Gasteiger partial charge in [-0.3, -0.25) is 0 Å². The molecule has 1 N–H and O–H groups in total. The monoisotopic (exact) mass is 426 g/mol. The highest BCUT2D eigenvalue weighted by atomic mass is 79.9. The smallest absolute Gasteiger partial charge is 0.338 e. The lowest BCUT2D eigenvalue weighted by atomic mass is 10.2. The Morgan fingerprint density at radius 2 is 1.81 bits per heavy atom. The van der Waals surface area contributed by atoms with Crippen LogP contribution in [-0.4, -0.2) is 17.6 Å². The number of esters is 1. The Bertz CT molecular complexity index is 899. The Labute approximate surface area is 166 Å². The zero-order chi connectivity index (χ0) is 19.1. The lowest BCUT2D eigenvalue weighted by Crippen LogP contribution is -2.04. The normalized spacial score (nSPS) is 10.3. The van der Waals surface area contributed by atoms with E-state index in [-0.39, 0.29) is 5.97 Å². The van der Waals surface area contributed by atoms with E-state index in [2.05, 4.69) is 26.2 Å². The summed E-state index contributed by atoms with van der Waals surface area (Å²) >= 11 is 3.49. The number of rotatable bonds is 7. The summed E-state index contributed by atoms with van der Waals surface area (Å²) in [6, 6.07) is 18.9. The molecule has 3 aromatic rings. The third kappa shape index (κ3) is 5.31. The third-order valence-corrected chi connectivity index (χ3v) is 4.28. The van der Waals surface area contributed by atoms with Crippen LogP contribution in [0, 0.1) is 0 Å². The number of nitrogens with zero attached hydrogens (tertiary/aromatic N) is 1. The first-order valence-corrected chi connectivity index (χ1v) is 9.31. The first-order chi connectivity index (χ1) is 13.2. The van der Waals surface area contributed by atoms with Gasteiger partial charge in [-0.15, -0.1) is 0 Å². The molecule has 0 fully saturated rings. The SMILES string of the molecule is CCOC(=O)c1ccc(Nc2cnc(OCc3ccccc3)c(Br)c2)cc1. The van der Waals surface area contributed by atoms with Crippen molar-refractivity contribution in [2.45, 2.75) is 13.5 Å². The number of nitrogens with one attached hydrogen (secondary N) is 1. The Balaban J connectivity index is 1.62. The fraction of sp³-hybridized carbons (Fsp3) is 0.143. The molecule has 0 radical (unpaired) electrons. The molecule has 0 spiro atoms. The van der Waals surface area contributed by atoms with Crippen molar-refractivity contribution in [3.05, 3.63) is 82.5 Å². The van der Waals surface area contributed by atoms with E-state index in [4.69, 9.17) is 9.47 Å². The van der Waals surface area contributed by atoms with Gasteiger partial charge in [-0.1, -0.05) is 30.3 Å². The van der Waals surface area contributed by atoms with Crippen LogP contribution in [0.1, 0.15) is 22.8 Å². The molecule has 0 aliphatic rings. The van der Waals surface area contributed by atoms with Crippen LogP contribution < -0.4 is 10.1 Å². The minimum absolute atomic E-state index is 0.326. The van der Waals surface area contributed by atoms with Crippen molar-refractivity contribution in [3.8, 4) is 5.88 Å². The summed E-state index contributed by atoms with van der Waals surface area (Å²) < 4.78 is 11.5. The van der Waals surface area contributed by atoms with Gasteiger partial charge < -0.3 is 14.8 Å². The molecule has 6 heteroatoms. The molecule has 0 amide bonds. The van der Waals surface area contributed by atoms with Gasteiger partial charge >= 0.3 is 5.97 Å². The van der Waals surface area contributed by atoms with Gasteiger partial charge in [0.25, 0.3) is 0 Å². The van der Waals surface area contributed by atoms with E-state index in [0.29, 0.717) is 24.7 Å². The highest BCUT2D eigenvalue weighted by Crippen LogP contribution is 2.27. The molecule has 3 rings (SSSR count). The molecule has 0 aliphatic carbocycles. The van der Waals surface area contributed by atoms with Gasteiger partial charge in [0.15, 0.2) is 0 Å². The van der Waals surface area contributed by atoms with Gasteiger partial charge in [0.1, 0.15) is 6.61 Å². The number of carbonyl (C=O) groups is 1. The second-order valence-electron chi connectivity index (χ2n) is 5.71. The summed E-state index contributed by atoms with van der Waals surface area (Å²) in [5, 5.41) is 3.24. The lowest BCUT2D eigenvalue weighted by Gasteiger charge is -2.11. The van der Waals surface area contributed by atoms with Crippen LogP contribution in [0.2, 0.25) is 0 Å². The number of benzene rings is 2. The summed E-state index contributed by atoms with van der Waals surface area (Å²) in [6.45, 7) is 2.59. The maximum Gasteiger partial charge on any atom is 0.338 e. The van der Waals surface area contributed by atoms with Crippen LogP contribution in [0.3, 0.4) is 0 Å². The molecule has 1 aromatic heterocycles. The van der Waals surface area contributed by atoms with Crippen molar-refractivity contribution in [1.29, 1.82) is 0 Å². The molecule has 5 nitrogen and oxygen atoms in total. The third-order valence-electron chi connectivity index (χ3n) is 3.71. The van der Waals surface area contributed by atoms with Crippen molar-refractivity contribution < 1.29 is 14.3 Å². The van der Waals surface area contributed by atoms with Gasteiger partial charge in [-0.2, -0.15) is 0 Å². The quantitative estimate of drug-likeness (QED) is 0.516. The second kappa shape index (κ2) is 9.19. The molecule has 138 valence electrons. The maximum absolute atomic E-state index is 11.7. The van der Waals surface area contributed by atoms with E-state index in [0.717, 1.165) is 21.4 Å². The fourth-order valence-electron chi connectivity index (χ4n) is 2.40. The highest BCUT2D eigenvalue weighted by Gasteiger charge is 2.08. The molecular formula is C21H19BrN2O3. The molecule has 1 heterocycles. The van der Waals surface area contributed by atoms with E-state index >= 15 is 0 Å². The Morgan fingerprint density at radius 1 is 1.07 bits per heavy atom. The fourth-order valence-corrected chi connectivity index (χ4v) is 2.86. The molecule has 0 saturated heterocycles. The minimum atomic E-state index is -0.326. The summed E-state index contributed by atoms with van der Waals surface area (Å²) in [7, 11) is 0. The topological polar surface area (TPSA) is 60.5 Å². The van der Waals surface area contributed by atoms with E-state index in [1.165, 1.54) is 0 Å². The van der Waals surface area contributed by atoms with Crippen LogP contribution in [0.25, 0.3) is 0 Å². The first-order valence-electron chi connectivity index (χ1n) is 8.52. The highest BCUT2D eigenvalue weighted by molar-refractivity contribution is 9.10. The molecule has 0 bridgehead atoms. The minimum Gasteiger partial charge on any atom is -0.472 e. The van der Waals surface area contributed by atoms with E-state index in [1.54, 1.807) is 25.3 Å². The number of hydrogen-bond donors (Lipinski definition) is 1. The zero-order valence-corrected chi connectivity index (χ0v) is 16.4. The van der Waals surface area contributed by atoms with Crippen LogP contribution in [0.4, 0.5) is 11.4 Å². The Hall–Kier alpha value is -2.86. The lowest BCUT2D eigenvalue weighted by molar-refractivity contribution is 0.0526. The second-order valence-corrected chi connectivity index (χ2v) is 6.56. The first kappa shape index (κ1) is 18.9. The Kier molecular flexibility index (Phi) is 6.44. The molecule has 0 saturated carbocycles. The standard InChI is InChI=1S/C21H19BrN2O3/c1-2-26-21(25)16-8-10-17(11-9-16)24-18-12-19(22)20(23-13-18)27-14-15-6-4-3-5-7-15/h3-13,24H,2,14H2,1H3. The zero-order valence-electron chi connectivity index (χ0n) is 14.8. The predicted octanol–water partition coefficient (Wildman–Crippen LogP) is 5.34. The number of aromatic nitrogens is 1. The van der Waals surface area contributed by atoms with Crippen molar-refractivity contribution in [2.24, 2.45) is 0 Å². The molecular weight excluding hydrogens is 408 g/mol. The molecule has 0 unspecified atom stereocenters. The van der Waals surface area contributed by atoms with Crippen molar-refractivity contribution in [3.63, 3.8) is 0 Å². The number of pyridine rings is 1. The van der Waals surface area contributed by atoms with Gasteiger partial charge in [-0.25, -0.2) is 9.78 Å². The number of anilines is 2. The molecule has 0 atom stereocenters. The maximum atomic E-state index is 11.7. The van der Waals surface area contributed by atoms with Gasteiger partial charge in [-0.05, 0) is 58.7 Å². The number of hydrogen-bond acceptors (Lipinski definition) is 5. The van der Waals surface area contributed by atoms with Gasteiger partial charge in [0.2, 0.25) is 5.88 Å². The Morgan fingerprint density at radius 3 is 2.48 bits per heavy atom. The summed E-state index contributed by atoms with van der Waals surface area (Å²) in [5.41, 5.74) is 3.24. The molecule has 0 aliphatic heterocycles.